The number of nitrogens with one attached hydrogen (secondary N) is 1. The minimum absolute atomic E-state index is 0.357. The number of rotatable bonds is 5. The highest BCUT2D eigenvalue weighted by Crippen LogP contribution is 2.34. The monoisotopic (exact) mass is 402 g/mol. The minimum atomic E-state index is -1.01. The van der Waals surface area contributed by atoms with Crippen molar-refractivity contribution in [2.75, 3.05) is 24.5 Å². The zero-order chi connectivity index (χ0) is 21.1. The van der Waals surface area contributed by atoms with Crippen molar-refractivity contribution in [3.63, 3.8) is 0 Å². The number of aryl methyl sites for hydroxylation is 3. The van der Waals surface area contributed by atoms with E-state index in [0.717, 1.165) is 53.4 Å². The van der Waals surface area contributed by atoms with Gasteiger partial charge in [-0.2, -0.15) is 0 Å². The van der Waals surface area contributed by atoms with E-state index in [-0.39, 0.29) is 0 Å². The Morgan fingerprint density at radius 1 is 0.967 bits per heavy atom. The molecule has 0 fully saturated rings. The molecule has 1 aromatic heterocycles. The molecule has 0 unspecified atom stereocenters. The second-order valence-electron chi connectivity index (χ2n) is 7.75. The zero-order valence-electron chi connectivity index (χ0n) is 17.4. The number of carboxylic acid groups (broad SMARTS) is 1. The molecule has 6 heteroatoms. The number of anilines is 1. The van der Waals surface area contributed by atoms with Gasteiger partial charge >= 0.3 is 6.09 Å². The van der Waals surface area contributed by atoms with E-state index in [0.29, 0.717) is 13.1 Å². The average molecular weight is 402 g/mol. The van der Waals surface area contributed by atoms with Gasteiger partial charge in [-0.05, 0) is 26.7 Å². The van der Waals surface area contributed by atoms with E-state index in [1.54, 1.807) is 0 Å². The Hall–Kier alpha value is -3.41. The van der Waals surface area contributed by atoms with Gasteiger partial charge in [0.2, 0.25) is 0 Å². The smallest absolute Gasteiger partial charge is 0.404 e. The van der Waals surface area contributed by atoms with Gasteiger partial charge < -0.3 is 15.3 Å². The summed E-state index contributed by atoms with van der Waals surface area (Å²) in [6.07, 6.45) is 0.845. The highest BCUT2D eigenvalue weighted by Gasteiger charge is 2.23. The number of nitrogens with zero attached hydrogens (tertiary/aromatic N) is 3. The summed E-state index contributed by atoms with van der Waals surface area (Å²) in [6.45, 7) is 5.92. The summed E-state index contributed by atoms with van der Waals surface area (Å²) in [5.41, 5.74) is 7.21. The van der Waals surface area contributed by atoms with Crippen molar-refractivity contribution in [2.24, 2.45) is 0 Å². The molecule has 2 N–H and O–H groups in total. The zero-order valence-corrected chi connectivity index (χ0v) is 17.4. The molecule has 0 saturated heterocycles. The molecule has 0 spiro atoms. The maximum atomic E-state index is 10.8. The Morgan fingerprint density at radius 3 is 2.10 bits per heavy atom. The molecule has 154 valence electrons. The van der Waals surface area contributed by atoms with Crippen molar-refractivity contribution in [3.8, 4) is 22.5 Å². The second-order valence-corrected chi connectivity index (χ2v) is 7.75. The van der Waals surface area contributed by atoms with Gasteiger partial charge in [0.15, 0.2) is 5.82 Å². The number of aromatic nitrogens is 2. The molecule has 30 heavy (non-hydrogen) atoms. The molecule has 1 amide bonds. The van der Waals surface area contributed by atoms with Crippen molar-refractivity contribution in [2.45, 2.75) is 26.7 Å². The first kappa shape index (κ1) is 19.9. The maximum Gasteiger partial charge on any atom is 0.404 e. The Bertz CT molecular complexity index is 1050. The fraction of sp³-hybridized carbons (Fsp3) is 0.292. The van der Waals surface area contributed by atoms with Crippen LogP contribution in [0.1, 0.15) is 23.2 Å². The molecule has 2 aromatic carbocycles. The van der Waals surface area contributed by atoms with Gasteiger partial charge in [-0.1, -0.05) is 59.7 Å². The van der Waals surface area contributed by atoms with E-state index in [1.165, 1.54) is 11.1 Å². The standard InChI is InChI=1S/C24H26N4O2/c1-16-5-9-18(10-6-16)21-22(19-11-7-17(2)8-12-19)27-23-20(26-21)4-3-14-28(23)15-13-25-24(29)30/h5-12,25H,3-4,13-15H2,1-2H3,(H,29,30). The van der Waals surface area contributed by atoms with Crippen molar-refractivity contribution in [3.05, 3.63) is 65.4 Å². The van der Waals surface area contributed by atoms with Crippen LogP contribution in [0.25, 0.3) is 22.5 Å². The lowest BCUT2D eigenvalue weighted by Gasteiger charge is -2.30. The fourth-order valence-corrected chi connectivity index (χ4v) is 3.77. The molecule has 4 rings (SSSR count). The van der Waals surface area contributed by atoms with Crippen LogP contribution in [0.2, 0.25) is 0 Å². The van der Waals surface area contributed by atoms with Crippen LogP contribution < -0.4 is 10.2 Å². The van der Waals surface area contributed by atoms with Gasteiger partial charge in [0.1, 0.15) is 0 Å². The van der Waals surface area contributed by atoms with Crippen LogP contribution in [-0.4, -0.2) is 40.8 Å². The summed E-state index contributed by atoms with van der Waals surface area (Å²) in [7, 11) is 0. The third-order valence-electron chi connectivity index (χ3n) is 5.40. The summed E-state index contributed by atoms with van der Waals surface area (Å²) in [5, 5.41) is 11.3. The highest BCUT2D eigenvalue weighted by atomic mass is 16.4. The Kier molecular flexibility index (Phi) is 5.65. The maximum absolute atomic E-state index is 10.8. The van der Waals surface area contributed by atoms with E-state index < -0.39 is 6.09 Å². The lowest BCUT2D eigenvalue weighted by Crippen LogP contribution is -2.38. The van der Waals surface area contributed by atoms with Crippen molar-refractivity contribution in [1.82, 2.24) is 15.3 Å². The van der Waals surface area contributed by atoms with Gasteiger partial charge in [-0.15, -0.1) is 0 Å². The minimum Gasteiger partial charge on any atom is -0.465 e. The Morgan fingerprint density at radius 2 is 1.53 bits per heavy atom. The number of fused-ring (bicyclic) bond motifs is 1. The molecule has 3 aromatic rings. The molecule has 6 nitrogen and oxygen atoms in total. The fourth-order valence-electron chi connectivity index (χ4n) is 3.77. The van der Waals surface area contributed by atoms with Crippen LogP contribution in [-0.2, 0) is 6.42 Å². The molecular formula is C24H26N4O2. The van der Waals surface area contributed by atoms with E-state index in [2.05, 4.69) is 72.6 Å². The molecular weight excluding hydrogens is 376 g/mol. The van der Waals surface area contributed by atoms with E-state index in [4.69, 9.17) is 15.1 Å². The SMILES string of the molecule is Cc1ccc(-c2nc3c(nc2-c2ccc(C)cc2)N(CCNC(=O)O)CCC3)cc1. The molecule has 0 atom stereocenters. The van der Waals surface area contributed by atoms with Gasteiger partial charge in [-0.25, -0.2) is 14.8 Å². The van der Waals surface area contributed by atoms with Crippen LogP contribution in [0.5, 0.6) is 0 Å². The number of hydrogen-bond acceptors (Lipinski definition) is 4. The lowest BCUT2D eigenvalue weighted by molar-refractivity contribution is 0.194. The van der Waals surface area contributed by atoms with Crippen LogP contribution in [0.15, 0.2) is 48.5 Å². The molecule has 0 aliphatic carbocycles. The second kappa shape index (κ2) is 8.53. The predicted molar refractivity (Wildman–Crippen MR) is 119 cm³/mol. The summed E-state index contributed by atoms with van der Waals surface area (Å²) < 4.78 is 0. The first-order chi connectivity index (χ1) is 14.5. The Labute approximate surface area is 176 Å². The van der Waals surface area contributed by atoms with Crippen molar-refractivity contribution >= 4 is 11.9 Å². The number of hydrogen-bond donors (Lipinski definition) is 2. The quantitative estimate of drug-likeness (QED) is 0.659. The Balaban J connectivity index is 1.79. The third kappa shape index (κ3) is 4.27. The molecule has 1 aliphatic rings. The van der Waals surface area contributed by atoms with E-state index >= 15 is 0 Å². The van der Waals surface area contributed by atoms with Crippen molar-refractivity contribution < 1.29 is 9.90 Å². The van der Waals surface area contributed by atoms with Crippen LogP contribution in [0, 0.1) is 13.8 Å². The van der Waals surface area contributed by atoms with Crippen LogP contribution in [0.4, 0.5) is 10.6 Å². The average Bonchev–Trinajstić information content (AvgIpc) is 2.74. The molecule has 0 radical (unpaired) electrons. The molecule has 0 saturated carbocycles. The van der Waals surface area contributed by atoms with Crippen LogP contribution >= 0.6 is 0 Å². The normalized spacial score (nSPS) is 13.1. The summed E-state index contributed by atoms with van der Waals surface area (Å²) >= 11 is 0. The third-order valence-corrected chi connectivity index (χ3v) is 5.40. The largest absolute Gasteiger partial charge is 0.465 e. The molecule has 2 heterocycles. The molecule has 0 bridgehead atoms. The first-order valence-electron chi connectivity index (χ1n) is 10.3. The first-order valence-corrected chi connectivity index (χ1v) is 10.3. The summed E-state index contributed by atoms with van der Waals surface area (Å²) in [6, 6.07) is 16.7. The van der Waals surface area contributed by atoms with Gasteiger partial charge in [-0.3, -0.25) is 0 Å². The highest BCUT2D eigenvalue weighted by molar-refractivity contribution is 5.80. The van der Waals surface area contributed by atoms with E-state index in [9.17, 15) is 4.79 Å². The number of benzene rings is 2. The van der Waals surface area contributed by atoms with Crippen molar-refractivity contribution in [1.29, 1.82) is 0 Å². The topological polar surface area (TPSA) is 78.4 Å². The molecule has 1 aliphatic heterocycles. The lowest BCUT2D eigenvalue weighted by atomic mass is 10.0. The summed E-state index contributed by atoms with van der Waals surface area (Å²) in [5.74, 6) is 0.861. The van der Waals surface area contributed by atoms with Gasteiger partial charge in [0.05, 0.1) is 17.1 Å². The van der Waals surface area contributed by atoms with Crippen LogP contribution in [0.3, 0.4) is 0 Å². The predicted octanol–water partition coefficient (Wildman–Crippen LogP) is 4.45. The number of amides is 1. The van der Waals surface area contributed by atoms with Gasteiger partial charge in [0, 0.05) is 30.8 Å². The van der Waals surface area contributed by atoms with E-state index in [1.807, 2.05) is 0 Å². The number of carbonyl (C=O) groups is 1. The van der Waals surface area contributed by atoms with Gasteiger partial charge in [0.25, 0.3) is 0 Å². The summed E-state index contributed by atoms with van der Waals surface area (Å²) in [4.78, 5) is 23.1.